The van der Waals surface area contributed by atoms with Crippen molar-refractivity contribution < 1.29 is 19.0 Å². The summed E-state index contributed by atoms with van der Waals surface area (Å²) in [4.78, 5) is 10.8. The number of rotatable bonds is 4. The molecule has 1 unspecified atom stereocenters. The van der Waals surface area contributed by atoms with E-state index >= 15 is 0 Å². The quantitative estimate of drug-likeness (QED) is 0.943. The van der Waals surface area contributed by atoms with Crippen molar-refractivity contribution in [2.24, 2.45) is 0 Å². The van der Waals surface area contributed by atoms with Crippen LogP contribution in [0, 0.1) is 5.82 Å². The smallest absolute Gasteiger partial charge is 0.307 e. The molecule has 1 aliphatic heterocycles. The van der Waals surface area contributed by atoms with E-state index in [1.165, 1.54) is 6.07 Å². The summed E-state index contributed by atoms with van der Waals surface area (Å²) in [5.74, 6) is -1.56. The van der Waals surface area contributed by atoms with Crippen LogP contribution in [0.15, 0.2) is 30.5 Å². The van der Waals surface area contributed by atoms with Crippen LogP contribution in [0.2, 0.25) is 0 Å². The van der Waals surface area contributed by atoms with Crippen molar-refractivity contribution in [1.82, 2.24) is 9.78 Å². The SMILES string of the molecule is O=C(O)Cc1cc(-c2ccnn2C2CCCCO2)ccc1F. The third-order valence-electron chi connectivity index (χ3n) is 3.78. The molecule has 116 valence electrons. The first-order valence-corrected chi connectivity index (χ1v) is 7.31. The van der Waals surface area contributed by atoms with Crippen molar-refractivity contribution in [3.05, 3.63) is 41.8 Å². The summed E-state index contributed by atoms with van der Waals surface area (Å²) in [5.41, 5.74) is 1.71. The van der Waals surface area contributed by atoms with Gasteiger partial charge in [-0.15, -0.1) is 0 Å². The lowest BCUT2D eigenvalue weighted by molar-refractivity contribution is -0.136. The van der Waals surface area contributed by atoms with E-state index in [9.17, 15) is 9.18 Å². The van der Waals surface area contributed by atoms with Gasteiger partial charge in [0.25, 0.3) is 0 Å². The molecule has 6 heteroatoms. The van der Waals surface area contributed by atoms with Gasteiger partial charge >= 0.3 is 5.97 Å². The lowest BCUT2D eigenvalue weighted by Gasteiger charge is -2.24. The maximum Gasteiger partial charge on any atom is 0.307 e. The van der Waals surface area contributed by atoms with Gasteiger partial charge in [-0.05, 0) is 49.1 Å². The van der Waals surface area contributed by atoms with Crippen molar-refractivity contribution in [1.29, 1.82) is 0 Å². The van der Waals surface area contributed by atoms with Crippen LogP contribution in [0.3, 0.4) is 0 Å². The molecule has 1 aliphatic rings. The van der Waals surface area contributed by atoms with Crippen molar-refractivity contribution in [3.63, 3.8) is 0 Å². The van der Waals surface area contributed by atoms with E-state index in [1.54, 1.807) is 23.0 Å². The molecule has 1 fully saturated rings. The summed E-state index contributed by atoms with van der Waals surface area (Å²) < 4.78 is 21.2. The minimum Gasteiger partial charge on any atom is -0.481 e. The maximum atomic E-state index is 13.7. The summed E-state index contributed by atoms with van der Waals surface area (Å²) in [6.07, 6.45) is 4.23. The predicted octanol–water partition coefficient (Wildman–Crippen LogP) is 3.02. The van der Waals surface area contributed by atoms with Crippen LogP contribution >= 0.6 is 0 Å². The number of aromatic nitrogens is 2. The number of hydrogen-bond donors (Lipinski definition) is 1. The first-order chi connectivity index (χ1) is 10.6. The Morgan fingerprint density at radius 1 is 1.41 bits per heavy atom. The average Bonchev–Trinajstić information content (AvgIpc) is 2.99. The second-order valence-corrected chi connectivity index (χ2v) is 5.36. The molecule has 5 nitrogen and oxygen atoms in total. The molecule has 0 amide bonds. The van der Waals surface area contributed by atoms with Crippen LogP contribution in [0.4, 0.5) is 4.39 Å². The highest BCUT2D eigenvalue weighted by Gasteiger charge is 2.20. The lowest BCUT2D eigenvalue weighted by Crippen LogP contribution is -2.19. The summed E-state index contributed by atoms with van der Waals surface area (Å²) in [6, 6.07) is 6.33. The second kappa shape index (κ2) is 6.27. The molecule has 1 aromatic heterocycles. The van der Waals surface area contributed by atoms with Crippen molar-refractivity contribution in [2.75, 3.05) is 6.61 Å². The van der Waals surface area contributed by atoms with Gasteiger partial charge in [-0.25, -0.2) is 9.07 Å². The minimum atomic E-state index is -1.06. The van der Waals surface area contributed by atoms with E-state index in [2.05, 4.69) is 5.10 Å². The molecule has 3 rings (SSSR count). The number of aliphatic carboxylic acids is 1. The standard InChI is InChI=1S/C16H17FN2O3/c17-13-5-4-11(9-12(13)10-16(20)21)14-6-7-18-19(14)15-3-1-2-8-22-15/h4-7,9,15H,1-3,8,10H2,(H,20,21). The highest BCUT2D eigenvalue weighted by Crippen LogP contribution is 2.29. The third-order valence-corrected chi connectivity index (χ3v) is 3.78. The maximum absolute atomic E-state index is 13.7. The van der Waals surface area contributed by atoms with Gasteiger partial charge in [-0.2, -0.15) is 5.10 Å². The predicted molar refractivity (Wildman–Crippen MR) is 77.8 cm³/mol. The highest BCUT2D eigenvalue weighted by atomic mass is 19.1. The number of carboxylic acids is 1. The number of halogens is 1. The van der Waals surface area contributed by atoms with Crippen LogP contribution in [0.1, 0.15) is 31.1 Å². The molecular weight excluding hydrogens is 287 g/mol. The zero-order chi connectivity index (χ0) is 15.5. The highest BCUT2D eigenvalue weighted by molar-refractivity contribution is 5.71. The van der Waals surface area contributed by atoms with Gasteiger partial charge in [0, 0.05) is 18.4 Å². The fourth-order valence-corrected chi connectivity index (χ4v) is 2.72. The Hall–Kier alpha value is -2.21. The van der Waals surface area contributed by atoms with Crippen molar-refractivity contribution in [3.8, 4) is 11.3 Å². The third kappa shape index (κ3) is 3.01. The summed E-state index contributed by atoms with van der Waals surface area (Å²) in [6.45, 7) is 0.706. The van der Waals surface area contributed by atoms with Crippen molar-refractivity contribution in [2.45, 2.75) is 31.9 Å². The molecule has 0 aliphatic carbocycles. The fraction of sp³-hybridized carbons (Fsp3) is 0.375. The molecule has 2 heterocycles. The zero-order valence-corrected chi connectivity index (χ0v) is 12.0. The van der Waals surface area contributed by atoms with Gasteiger partial charge in [0.15, 0.2) is 6.23 Å². The molecule has 1 N–H and O–H groups in total. The number of carbonyl (C=O) groups is 1. The Bertz CT molecular complexity index is 678. The average molecular weight is 304 g/mol. The van der Waals surface area contributed by atoms with E-state index in [0.717, 1.165) is 30.5 Å². The Morgan fingerprint density at radius 2 is 2.27 bits per heavy atom. The van der Waals surface area contributed by atoms with Gasteiger partial charge in [0.2, 0.25) is 0 Å². The minimum absolute atomic E-state index is 0.119. The molecule has 1 saturated heterocycles. The topological polar surface area (TPSA) is 64.3 Å². The number of nitrogens with zero attached hydrogens (tertiary/aromatic N) is 2. The lowest BCUT2D eigenvalue weighted by atomic mass is 10.0. The van der Waals surface area contributed by atoms with Crippen LogP contribution in [-0.2, 0) is 16.0 Å². The molecule has 0 bridgehead atoms. The van der Waals surface area contributed by atoms with Crippen LogP contribution in [0.25, 0.3) is 11.3 Å². The van der Waals surface area contributed by atoms with Crippen LogP contribution < -0.4 is 0 Å². The molecule has 22 heavy (non-hydrogen) atoms. The van der Waals surface area contributed by atoms with Gasteiger partial charge in [0.05, 0.1) is 12.1 Å². The molecule has 1 aromatic carbocycles. The Kier molecular flexibility index (Phi) is 4.20. The molecule has 0 radical (unpaired) electrons. The normalized spacial score (nSPS) is 18.3. The Morgan fingerprint density at radius 3 is 3.00 bits per heavy atom. The second-order valence-electron chi connectivity index (χ2n) is 5.36. The van der Waals surface area contributed by atoms with E-state index in [4.69, 9.17) is 9.84 Å². The fourth-order valence-electron chi connectivity index (χ4n) is 2.72. The first kappa shape index (κ1) is 14.7. The van der Waals surface area contributed by atoms with E-state index in [0.29, 0.717) is 6.61 Å². The number of benzene rings is 1. The summed E-state index contributed by atoms with van der Waals surface area (Å²) in [7, 11) is 0. The summed E-state index contributed by atoms with van der Waals surface area (Å²) >= 11 is 0. The zero-order valence-electron chi connectivity index (χ0n) is 12.0. The monoisotopic (exact) mass is 304 g/mol. The largest absolute Gasteiger partial charge is 0.481 e. The number of hydrogen-bond acceptors (Lipinski definition) is 3. The van der Waals surface area contributed by atoms with Gasteiger partial charge in [-0.1, -0.05) is 0 Å². The van der Waals surface area contributed by atoms with Gasteiger partial charge < -0.3 is 9.84 Å². The molecule has 0 saturated carbocycles. The summed E-state index contributed by atoms with van der Waals surface area (Å²) in [5, 5.41) is 13.2. The van der Waals surface area contributed by atoms with Crippen LogP contribution in [0.5, 0.6) is 0 Å². The van der Waals surface area contributed by atoms with Crippen molar-refractivity contribution >= 4 is 5.97 Å². The van der Waals surface area contributed by atoms with E-state index in [1.807, 2.05) is 6.07 Å². The molecule has 0 spiro atoms. The molecule has 1 atom stereocenters. The van der Waals surface area contributed by atoms with Crippen LogP contribution in [-0.4, -0.2) is 27.5 Å². The molecule has 2 aromatic rings. The van der Waals surface area contributed by atoms with E-state index in [-0.39, 0.29) is 18.2 Å². The Balaban J connectivity index is 1.94. The number of ether oxygens (including phenoxy) is 1. The molecular formula is C16H17FN2O3. The van der Waals surface area contributed by atoms with E-state index < -0.39 is 11.8 Å². The first-order valence-electron chi connectivity index (χ1n) is 7.31. The van der Waals surface area contributed by atoms with Gasteiger partial charge in [-0.3, -0.25) is 4.79 Å². The Labute approximate surface area is 127 Å². The van der Waals surface area contributed by atoms with Gasteiger partial charge in [0.1, 0.15) is 5.82 Å². The number of carboxylic acid groups (broad SMARTS) is 1.